The Bertz CT molecular complexity index is 526. The molecule has 0 saturated carbocycles. The van der Waals surface area contributed by atoms with Gasteiger partial charge in [0.15, 0.2) is 6.10 Å². The molecule has 25 heavy (non-hydrogen) atoms. The highest BCUT2D eigenvalue weighted by atomic mass is 32.2. The lowest BCUT2D eigenvalue weighted by Crippen LogP contribution is -2.46. The van der Waals surface area contributed by atoms with Crippen LogP contribution < -0.4 is 10.1 Å². The van der Waals surface area contributed by atoms with Gasteiger partial charge in [0.05, 0.1) is 0 Å². The molecule has 0 bridgehead atoms. The number of likely N-dealkylation sites (tertiary alicyclic amines) is 1. The first-order valence-electron chi connectivity index (χ1n) is 9.53. The third kappa shape index (κ3) is 5.65. The van der Waals surface area contributed by atoms with Crippen molar-refractivity contribution in [2.45, 2.75) is 44.8 Å². The van der Waals surface area contributed by atoms with Crippen molar-refractivity contribution in [3.05, 3.63) is 30.3 Å². The van der Waals surface area contributed by atoms with Crippen molar-refractivity contribution in [2.24, 2.45) is 5.92 Å². The van der Waals surface area contributed by atoms with Gasteiger partial charge in [-0.25, -0.2) is 0 Å². The molecule has 1 amide bonds. The minimum Gasteiger partial charge on any atom is -0.481 e. The molecule has 1 aromatic carbocycles. The molecule has 2 aliphatic rings. The van der Waals surface area contributed by atoms with Crippen LogP contribution >= 0.6 is 11.8 Å². The van der Waals surface area contributed by atoms with Crippen molar-refractivity contribution in [2.75, 3.05) is 31.1 Å². The van der Waals surface area contributed by atoms with Crippen molar-refractivity contribution in [1.82, 2.24) is 10.2 Å². The van der Waals surface area contributed by atoms with Gasteiger partial charge in [-0.3, -0.25) is 4.79 Å². The quantitative estimate of drug-likeness (QED) is 0.844. The standard InChI is InChI=1S/C20H30N2O2S/c1-16(24-19-5-3-2-4-6-19)20(23)21-15-17-7-11-22(12-8-17)18-9-13-25-14-10-18/h2-6,16-18H,7-15H2,1H3,(H,21,23)/t16-/m0/s1. The highest BCUT2D eigenvalue weighted by molar-refractivity contribution is 7.99. The zero-order chi connectivity index (χ0) is 17.5. The summed E-state index contributed by atoms with van der Waals surface area (Å²) in [6.45, 7) is 4.96. The van der Waals surface area contributed by atoms with Crippen LogP contribution in [0.3, 0.4) is 0 Å². The molecule has 1 aromatic rings. The second-order valence-electron chi connectivity index (χ2n) is 7.14. The van der Waals surface area contributed by atoms with Gasteiger partial charge in [-0.05, 0) is 75.3 Å². The molecule has 1 atom stereocenters. The number of carbonyl (C=O) groups excluding carboxylic acids is 1. The molecule has 0 radical (unpaired) electrons. The molecule has 2 aliphatic heterocycles. The first kappa shape index (κ1) is 18.6. The summed E-state index contributed by atoms with van der Waals surface area (Å²) in [5.74, 6) is 3.96. The molecule has 0 unspecified atom stereocenters. The second-order valence-corrected chi connectivity index (χ2v) is 8.37. The molecular weight excluding hydrogens is 332 g/mol. The van der Waals surface area contributed by atoms with E-state index < -0.39 is 6.10 Å². The fourth-order valence-corrected chi connectivity index (χ4v) is 4.80. The molecule has 2 heterocycles. The van der Waals surface area contributed by atoms with Crippen molar-refractivity contribution in [3.63, 3.8) is 0 Å². The molecule has 0 spiro atoms. The van der Waals surface area contributed by atoms with Gasteiger partial charge in [0.2, 0.25) is 0 Å². The van der Waals surface area contributed by atoms with Gasteiger partial charge in [-0.1, -0.05) is 18.2 Å². The van der Waals surface area contributed by atoms with E-state index >= 15 is 0 Å². The Hall–Kier alpha value is -1.20. The fourth-order valence-electron chi connectivity index (χ4n) is 3.72. The first-order valence-corrected chi connectivity index (χ1v) is 10.7. The minimum absolute atomic E-state index is 0.0180. The molecule has 0 aromatic heterocycles. The van der Waals surface area contributed by atoms with Gasteiger partial charge in [-0.2, -0.15) is 11.8 Å². The van der Waals surface area contributed by atoms with Crippen LogP contribution in [0.4, 0.5) is 0 Å². The summed E-state index contributed by atoms with van der Waals surface area (Å²) in [7, 11) is 0. The van der Waals surface area contributed by atoms with Crippen LogP contribution in [0.5, 0.6) is 5.75 Å². The number of rotatable bonds is 6. The Labute approximate surface area is 155 Å². The Morgan fingerprint density at radius 3 is 2.56 bits per heavy atom. The van der Waals surface area contributed by atoms with E-state index in [1.54, 1.807) is 0 Å². The first-order chi connectivity index (χ1) is 12.2. The van der Waals surface area contributed by atoms with Crippen LogP contribution in [-0.4, -0.2) is 54.1 Å². The van der Waals surface area contributed by atoms with Gasteiger partial charge in [0.1, 0.15) is 5.75 Å². The normalized spacial score (nSPS) is 21.6. The number of ether oxygens (including phenoxy) is 1. The lowest BCUT2D eigenvalue weighted by Gasteiger charge is -2.39. The lowest BCUT2D eigenvalue weighted by atomic mass is 9.94. The maximum Gasteiger partial charge on any atom is 0.260 e. The molecule has 2 fully saturated rings. The summed E-state index contributed by atoms with van der Waals surface area (Å²) < 4.78 is 5.69. The predicted molar refractivity (Wildman–Crippen MR) is 104 cm³/mol. The number of benzene rings is 1. The molecule has 4 nitrogen and oxygen atoms in total. The Morgan fingerprint density at radius 1 is 1.20 bits per heavy atom. The lowest BCUT2D eigenvalue weighted by molar-refractivity contribution is -0.127. The number of hydrogen-bond donors (Lipinski definition) is 1. The minimum atomic E-state index is -0.456. The van der Waals surface area contributed by atoms with E-state index in [1.807, 2.05) is 37.3 Å². The van der Waals surface area contributed by atoms with Crippen LogP contribution in [0.15, 0.2) is 30.3 Å². The number of amides is 1. The van der Waals surface area contributed by atoms with Crippen molar-refractivity contribution < 1.29 is 9.53 Å². The number of hydrogen-bond acceptors (Lipinski definition) is 4. The van der Waals surface area contributed by atoms with E-state index in [-0.39, 0.29) is 5.91 Å². The topological polar surface area (TPSA) is 41.6 Å². The molecular formula is C20H30N2O2S. The summed E-state index contributed by atoms with van der Waals surface area (Å²) in [5, 5.41) is 3.08. The van der Waals surface area contributed by atoms with Crippen LogP contribution in [0.2, 0.25) is 0 Å². The average Bonchev–Trinajstić information content (AvgIpc) is 2.68. The summed E-state index contributed by atoms with van der Waals surface area (Å²) in [6.07, 6.45) is 4.62. The monoisotopic (exact) mass is 362 g/mol. The van der Waals surface area contributed by atoms with Gasteiger partial charge in [0, 0.05) is 12.6 Å². The van der Waals surface area contributed by atoms with Gasteiger partial charge >= 0.3 is 0 Å². The van der Waals surface area contributed by atoms with Gasteiger partial charge < -0.3 is 15.0 Å². The Balaban J connectivity index is 1.35. The SMILES string of the molecule is C[C@H](Oc1ccccc1)C(=O)NCC1CCN(C2CCSCC2)CC1. The zero-order valence-electron chi connectivity index (χ0n) is 15.2. The average molecular weight is 363 g/mol. The third-order valence-corrected chi connectivity index (χ3v) is 6.40. The van der Waals surface area contributed by atoms with E-state index in [2.05, 4.69) is 22.0 Å². The van der Waals surface area contributed by atoms with Gasteiger partial charge in [-0.15, -0.1) is 0 Å². The Kier molecular flexibility index (Phi) is 7.05. The highest BCUT2D eigenvalue weighted by Crippen LogP contribution is 2.26. The smallest absolute Gasteiger partial charge is 0.260 e. The number of para-hydroxylation sites is 1. The molecule has 5 heteroatoms. The fraction of sp³-hybridized carbons (Fsp3) is 0.650. The molecule has 2 saturated heterocycles. The number of nitrogens with one attached hydrogen (secondary N) is 1. The maximum atomic E-state index is 12.3. The van der Waals surface area contributed by atoms with Crippen LogP contribution in [0, 0.1) is 5.92 Å². The zero-order valence-corrected chi connectivity index (χ0v) is 16.0. The molecule has 1 N–H and O–H groups in total. The summed E-state index contributed by atoms with van der Waals surface area (Å²) in [6, 6.07) is 10.3. The van der Waals surface area contributed by atoms with E-state index in [1.165, 1.54) is 50.3 Å². The van der Waals surface area contributed by atoms with Crippen molar-refractivity contribution in [1.29, 1.82) is 0 Å². The van der Waals surface area contributed by atoms with E-state index in [0.29, 0.717) is 5.92 Å². The third-order valence-electron chi connectivity index (χ3n) is 5.35. The van der Waals surface area contributed by atoms with Crippen molar-refractivity contribution in [3.8, 4) is 5.75 Å². The number of nitrogens with zero attached hydrogens (tertiary/aromatic N) is 1. The largest absolute Gasteiger partial charge is 0.481 e. The second kappa shape index (κ2) is 9.48. The number of piperidine rings is 1. The van der Waals surface area contributed by atoms with Gasteiger partial charge in [0.25, 0.3) is 5.91 Å². The predicted octanol–water partition coefficient (Wildman–Crippen LogP) is 3.18. The summed E-state index contributed by atoms with van der Waals surface area (Å²) in [4.78, 5) is 14.9. The summed E-state index contributed by atoms with van der Waals surface area (Å²) >= 11 is 2.09. The highest BCUT2D eigenvalue weighted by Gasteiger charge is 2.26. The molecule has 138 valence electrons. The van der Waals surface area contributed by atoms with E-state index in [0.717, 1.165) is 18.3 Å². The van der Waals surface area contributed by atoms with Crippen LogP contribution in [-0.2, 0) is 4.79 Å². The van der Waals surface area contributed by atoms with Crippen molar-refractivity contribution >= 4 is 17.7 Å². The summed E-state index contributed by atoms with van der Waals surface area (Å²) in [5.41, 5.74) is 0. The molecule has 0 aliphatic carbocycles. The maximum absolute atomic E-state index is 12.3. The van der Waals surface area contributed by atoms with E-state index in [9.17, 15) is 4.79 Å². The molecule has 3 rings (SSSR count). The number of carbonyl (C=O) groups is 1. The number of thioether (sulfide) groups is 1. The Morgan fingerprint density at radius 2 is 1.88 bits per heavy atom. The van der Waals surface area contributed by atoms with Crippen LogP contribution in [0.25, 0.3) is 0 Å². The van der Waals surface area contributed by atoms with Crippen LogP contribution in [0.1, 0.15) is 32.6 Å². The van der Waals surface area contributed by atoms with E-state index in [4.69, 9.17) is 4.74 Å².